The highest BCUT2D eigenvalue weighted by Gasteiger charge is 2.16. The van der Waals surface area contributed by atoms with Crippen LogP contribution in [0.25, 0.3) is 81.0 Å². The number of hydrogen-bond acceptors (Lipinski definition) is 2. The zero-order valence-corrected chi connectivity index (χ0v) is 23.5. The van der Waals surface area contributed by atoms with Crippen LogP contribution in [0.1, 0.15) is 0 Å². The van der Waals surface area contributed by atoms with E-state index in [2.05, 4.69) is 150 Å². The zero-order chi connectivity index (χ0) is 27.6. The van der Waals surface area contributed by atoms with E-state index >= 15 is 0 Å². The summed E-state index contributed by atoms with van der Waals surface area (Å²) in [6, 6.07) is 52.3. The van der Waals surface area contributed by atoms with E-state index in [4.69, 9.17) is 4.98 Å². The Kier molecular flexibility index (Phi) is 5.10. The van der Waals surface area contributed by atoms with E-state index in [0.717, 1.165) is 16.8 Å². The van der Waals surface area contributed by atoms with E-state index in [-0.39, 0.29) is 0 Å². The van der Waals surface area contributed by atoms with Crippen molar-refractivity contribution in [1.82, 2.24) is 9.55 Å². The van der Waals surface area contributed by atoms with E-state index in [1.54, 1.807) is 0 Å². The summed E-state index contributed by atoms with van der Waals surface area (Å²) in [6.07, 6.45) is 0. The van der Waals surface area contributed by atoms with Crippen LogP contribution in [0.15, 0.2) is 146 Å². The third-order valence-electron chi connectivity index (χ3n) is 8.40. The van der Waals surface area contributed by atoms with Crippen LogP contribution >= 0.6 is 11.3 Å². The van der Waals surface area contributed by atoms with E-state index in [9.17, 15) is 0 Å². The molecular formula is C39H24N2S. The Bertz CT molecular complexity index is 2450. The fourth-order valence-corrected chi connectivity index (χ4v) is 7.61. The molecule has 3 heterocycles. The number of aromatic nitrogens is 2. The van der Waals surface area contributed by atoms with Crippen LogP contribution in [-0.2, 0) is 0 Å². The topological polar surface area (TPSA) is 17.8 Å². The smallest absolute Gasteiger partial charge is 0.0902 e. The van der Waals surface area contributed by atoms with Gasteiger partial charge in [-0.3, -0.25) is 0 Å². The third-order valence-corrected chi connectivity index (χ3v) is 9.59. The van der Waals surface area contributed by atoms with Gasteiger partial charge in [0.1, 0.15) is 0 Å². The predicted octanol–water partition coefficient (Wildman–Crippen LogP) is 11.0. The van der Waals surface area contributed by atoms with Crippen LogP contribution < -0.4 is 0 Å². The monoisotopic (exact) mass is 552 g/mol. The number of fused-ring (bicyclic) bond motifs is 8. The zero-order valence-electron chi connectivity index (χ0n) is 22.7. The van der Waals surface area contributed by atoms with Crippen LogP contribution in [0, 0.1) is 0 Å². The Morgan fingerprint density at radius 3 is 1.90 bits per heavy atom. The maximum absolute atomic E-state index is 5.28. The van der Waals surface area contributed by atoms with Gasteiger partial charge in [0.05, 0.1) is 26.9 Å². The highest BCUT2D eigenvalue weighted by atomic mass is 32.1. The van der Waals surface area contributed by atoms with Crippen LogP contribution in [-0.4, -0.2) is 9.55 Å². The highest BCUT2D eigenvalue weighted by Crippen LogP contribution is 2.41. The molecule has 0 aliphatic carbocycles. The second-order valence-corrected chi connectivity index (χ2v) is 11.8. The summed E-state index contributed by atoms with van der Waals surface area (Å²) in [4.78, 5) is 5.28. The lowest BCUT2D eigenvalue weighted by atomic mass is 9.98. The van der Waals surface area contributed by atoms with Gasteiger partial charge < -0.3 is 4.57 Å². The Hall–Kier alpha value is -5.25. The first-order valence-corrected chi connectivity index (χ1v) is 15.0. The summed E-state index contributed by atoms with van der Waals surface area (Å²) in [7, 11) is 0. The molecule has 3 aromatic heterocycles. The van der Waals surface area contributed by atoms with Crippen molar-refractivity contribution >= 4 is 64.2 Å². The molecule has 0 radical (unpaired) electrons. The number of pyridine rings is 1. The van der Waals surface area contributed by atoms with Crippen molar-refractivity contribution in [3.63, 3.8) is 0 Å². The molecule has 0 aliphatic heterocycles. The largest absolute Gasteiger partial charge is 0.309 e. The molecule has 196 valence electrons. The molecule has 0 aliphatic rings. The molecule has 0 bridgehead atoms. The molecule has 42 heavy (non-hydrogen) atoms. The van der Waals surface area contributed by atoms with Gasteiger partial charge in [-0.15, -0.1) is 11.3 Å². The molecule has 0 saturated carbocycles. The first kappa shape index (κ1) is 23.5. The van der Waals surface area contributed by atoms with Crippen molar-refractivity contribution in [3.05, 3.63) is 146 Å². The maximum atomic E-state index is 5.28. The molecule has 2 nitrogen and oxygen atoms in total. The van der Waals surface area contributed by atoms with Crippen molar-refractivity contribution in [1.29, 1.82) is 0 Å². The Balaban J connectivity index is 1.19. The van der Waals surface area contributed by atoms with Gasteiger partial charge in [-0.05, 0) is 47.5 Å². The maximum Gasteiger partial charge on any atom is 0.0902 e. The molecular weight excluding hydrogens is 529 g/mol. The molecule has 0 fully saturated rings. The minimum atomic E-state index is 1.04. The van der Waals surface area contributed by atoms with E-state index in [1.165, 1.54) is 64.2 Å². The molecule has 0 spiro atoms. The molecule has 0 N–H and O–H groups in total. The fourth-order valence-electron chi connectivity index (χ4n) is 6.43. The average molecular weight is 553 g/mol. The van der Waals surface area contributed by atoms with Gasteiger partial charge in [0.15, 0.2) is 0 Å². The van der Waals surface area contributed by atoms with Crippen molar-refractivity contribution in [2.24, 2.45) is 0 Å². The second kappa shape index (κ2) is 9.13. The van der Waals surface area contributed by atoms with Gasteiger partial charge in [-0.25, -0.2) is 4.98 Å². The minimum absolute atomic E-state index is 1.04. The van der Waals surface area contributed by atoms with Gasteiger partial charge in [-0.2, -0.15) is 0 Å². The Morgan fingerprint density at radius 2 is 1.07 bits per heavy atom. The lowest BCUT2D eigenvalue weighted by Gasteiger charge is -2.10. The standard InChI is InChI=1S/C39H24N2S/c1-2-10-28(11-3-1)41-34-16-8-6-12-29(34)33-24-27(22-23-35(33)41)25-18-20-26(21-19-25)37-30-13-4-5-14-31(30)39-38(40-37)32-15-7-9-17-36(32)42-39/h1-24H. The molecule has 9 aromatic rings. The van der Waals surface area contributed by atoms with Crippen molar-refractivity contribution in [2.45, 2.75) is 0 Å². The molecule has 0 amide bonds. The van der Waals surface area contributed by atoms with Crippen molar-refractivity contribution < 1.29 is 0 Å². The molecule has 9 rings (SSSR count). The van der Waals surface area contributed by atoms with Gasteiger partial charge in [0.2, 0.25) is 0 Å². The summed E-state index contributed by atoms with van der Waals surface area (Å²) in [5.41, 5.74) is 9.29. The number of benzene rings is 6. The summed E-state index contributed by atoms with van der Waals surface area (Å²) in [5.74, 6) is 0. The molecule has 0 saturated heterocycles. The van der Waals surface area contributed by atoms with Gasteiger partial charge in [0.25, 0.3) is 0 Å². The quantitative estimate of drug-likeness (QED) is 0.213. The number of para-hydroxylation sites is 2. The van der Waals surface area contributed by atoms with Crippen molar-refractivity contribution in [2.75, 3.05) is 0 Å². The lowest BCUT2D eigenvalue weighted by Crippen LogP contribution is -1.92. The summed E-state index contributed by atoms with van der Waals surface area (Å²) in [6.45, 7) is 0. The van der Waals surface area contributed by atoms with Gasteiger partial charge in [0, 0.05) is 42.9 Å². The van der Waals surface area contributed by atoms with Crippen LogP contribution in [0.3, 0.4) is 0 Å². The summed E-state index contributed by atoms with van der Waals surface area (Å²) in [5, 5.41) is 6.21. The molecule has 0 atom stereocenters. The minimum Gasteiger partial charge on any atom is -0.309 e. The summed E-state index contributed by atoms with van der Waals surface area (Å²) < 4.78 is 4.90. The normalized spacial score (nSPS) is 11.8. The van der Waals surface area contributed by atoms with Crippen molar-refractivity contribution in [3.8, 4) is 28.1 Å². The lowest BCUT2D eigenvalue weighted by molar-refractivity contribution is 1.18. The summed E-state index contributed by atoms with van der Waals surface area (Å²) >= 11 is 1.83. The van der Waals surface area contributed by atoms with Crippen LogP contribution in [0.5, 0.6) is 0 Å². The van der Waals surface area contributed by atoms with Crippen LogP contribution in [0.4, 0.5) is 0 Å². The Morgan fingerprint density at radius 1 is 0.452 bits per heavy atom. The van der Waals surface area contributed by atoms with E-state index in [1.807, 2.05) is 11.3 Å². The predicted molar refractivity (Wildman–Crippen MR) is 180 cm³/mol. The highest BCUT2D eigenvalue weighted by molar-refractivity contribution is 7.26. The fraction of sp³-hybridized carbons (Fsp3) is 0. The van der Waals surface area contributed by atoms with Gasteiger partial charge in [-0.1, -0.05) is 109 Å². The Labute approximate surface area is 246 Å². The first-order chi connectivity index (χ1) is 20.8. The second-order valence-electron chi connectivity index (χ2n) is 10.8. The average Bonchev–Trinajstić information content (AvgIpc) is 3.60. The van der Waals surface area contributed by atoms with Gasteiger partial charge >= 0.3 is 0 Å². The number of rotatable bonds is 3. The SMILES string of the molecule is c1ccc(-n2c3ccccc3c3cc(-c4ccc(-c5nc6c7ccccc7sc6c6ccccc56)cc4)ccc32)cc1. The van der Waals surface area contributed by atoms with E-state index < -0.39 is 0 Å². The number of nitrogens with zero attached hydrogens (tertiary/aromatic N) is 2. The molecule has 6 aromatic carbocycles. The number of hydrogen-bond donors (Lipinski definition) is 0. The molecule has 0 unspecified atom stereocenters. The third kappa shape index (κ3) is 3.47. The van der Waals surface area contributed by atoms with Crippen LogP contribution in [0.2, 0.25) is 0 Å². The first-order valence-electron chi connectivity index (χ1n) is 14.2. The molecule has 3 heteroatoms. The number of thiophene rings is 1. The van der Waals surface area contributed by atoms with E-state index in [0.29, 0.717) is 0 Å².